The third-order valence-electron chi connectivity index (χ3n) is 4.62. The second-order valence-electron chi connectivity index (χ2n) is 7.23. The van der Waals surface area contributed by atoms with E-state index >= 15 is 0 Å². The molecule has 3 heterocycles. The lowest BCUT2D eigenvalue weighted by atomic mass is 10.1. The van der Waals surface area contributed by atoms with Crippen LogP contribution in [0.15, 0.2) is 36.9 Å². The highest BCUT2D eigenvalue weighted by molar-refractivity contribution is 6.06. The zero-order valence-electron chi connectivity index (χ0n) is 16.3. The van der Waals surface area contributed by atoms with Crippen molar-refractivity contribution in [2.45, 2.75) is 39.7 Å². The van der Waals surface area contributed by atoms with Gasteiger partial charge in [0.05, 0.1) is 12.2 Å². The van der Waals surface area contributed by atoms with Gasteiger partial charge in [-0.15, -0.1) is 5.10 Å². The summed E-state index contributed by atoms with van der Waals surface area (Å²) in [6, 6.07) is 7.42. The molecule has 2 aromatic heterocycles. The number of para-hydroxylation sites is 1. The molecule has 0 saturated carbocycles. The highest BCUT2D eigenvalue weighted by Gasteiger charge is 2.30. The fraction of sp³-hybridized carbons (Fsp3) is 0.350. The summed E-state index contributed by atoms with van der Waals surface area (Å²) in [6.45, 7) is 8.42. The van der Waals surface area contributed by atoms with Gasteiger partial charge in [0.1, 0.15) is 30.2 Å². The van der Waals surface area contributed by atoms with Gasteiger partial charge in [-0.3, -0.25) is 9.69 Å². The summed E-state index contributed by atoms with van der Waals surface area (Å²) in [4.78, 5) is 27.7. The van der Waals surface area contributed by atoms with E-state index in [4.69, 9.17) is 4.74 Å². The minimum atomic E-state index is -0.199. The van der Waals surface area contributed by atoms with Crippen LogP contribution in [0.2, 0.25) is 0 Å². The lowest BCUT2D eigenvalue weighted by Crippen LogP contribution is -2.42. The molecular weight excluding hydrogens is 356 g/mol. The Morgan fingerprint density at radius 3 is 2.82 bits per heavy atom. The molecule has 8 nitrogen and oxygen atoms in total. The highest BCUT2D eigenvalue weighted by atomic mass is 16.5. The molecule has 1 aliphatic rings. The third kappa shape index (κ3) is 3.21. The van der Waals surface area contributed by atoms with E-state index in [1.54, 1.807) is 22.0 Å². The number of hydrogen-bond donors (Lipinski definition) is 0. The van der Waals surface area contributed by atoms with Gasteiger partial charge in [-0.2, -0.15) is 0 Å². The molecule has 0 saturated heterocycles. The molecule has 0 N–H and O–H groups in total. The van der Waals surface area contributed by atoms with E-state index in [1.165, 1.54) is 6.33 Å². The van der Waals surface area contributed by atoms with Crippen molar-refractivity contribution < 1.29 is 9.53 Å². The molecule has 0 radical (unpaired) electrons. The van der Waals surface area contributed by atoms with Gasteiger partial charge in [-0.05, 0) is 25.5 Å². The average Bonchev–Trinajstić information content (AvgIpc) is 3.18. The first-order chi connectivity index (χ1) is 13.4. The van der Waals surface area contributed by atoms with Crippen molar-refractivity contribution in [1.29, 1.82) is 0 Å². The predicted molar refractivity (Wildman–Crippen MR) is 104 cm³/mol. The van der Waals surface area contributed by atoms with Crippen molar-refractivity contribution in [3.05, 3.63) is 54.0 Å². The summed E-state index contributed by atoms with van der Waals surface area (Å²) in [5.41, 5.74) is 2.05. The van der Waals surface area contributed by atoms with Gasteiger partial charge in [-0.1, -0.05) is 26.0 Å². The largest absolute Gasteiger partial charge is 0.486 e. The number of ether oxygens (including phenoxy) is 1. The molecule has 0 unspecified atom stereocenters. The predicted octanol–water partition coefficient (Wildman–Crippen LogP) is 2.92. The Kier molecular flexibility index (Phi) is 4.54. The summed E-state index contributed by atoms with van der Waals surface area (Å²) in [6.07, 6.45) is 2.87. The fourth-order valence-corrected chi connectivity index (χ4v) is 3.17. The minimum absolute atomic E-state index is 0.109. The minimum Gasteiger partial charge on any atom is -0.486 e. The maximum atomic E-state index is 13.3. The highest BCUT2D eigenvalue weighted by Crippen LogP contribution is 2.36. The van der Waals surface area contributed by atoms with Crippen LogP contribution in [-0.4, -0.2) is 43.3 Å². The third-order valence-corrected chi connectivity index (χ3v) is 4.62. The molecule has 8 heteroatoms. The van der Waals surface area contributed by atoms with Gasteiger partial charge >= 0.3 is 0 Å². The molecule has 4 rings (SSSR count). The van der Waals surface area contributed by atoms with Crippen molar-refractivity contribution in [3.8, 4) is 11.6 Å². The Morgan fingerprint density at radius 2 is 2.07 bits per heavy atom. The Balaban J connectivity index is 1.69. The normalized spacial score (nSPS) is 16.0. The van der Waals surface area contributed by atoms with Gasteiger partial charge in [0, 0.05) is 12.0 Å². The molecule has 0 aliphatic carbocycles. The fourth-order valence-electron chi connectivity index (χ4n) is 3.17. The summed E-state index contributed by atoms with van der Waals surface area (Å²) < 4.78 is 7.51. The van der Waals surface area contributed by atoms with Crippen molar-refractivity contribution >= 4 is 11.6 Å². The number of aryl methyl sites for hydroxylation is 1. The number of aromatic nitrogens is 5. The molecule has 1 aliphatic heterocycles. The first-order valence-electron chi connectivity index (χ1n) is 9.26. The Hall–Kier alpha value is -3.29. The zero-order valence-corrected chi connectivity index (χ0v) is 16.3. The van der Waals surface area contributed by atoms with E-state index in [0.717, 1.165) is 22.8 Å². The molecule has 28 heavy (non-hydrogen) atoms. The van der Waals surface area contributed by atoms with Gasteiger partial charge in [0.25, 0.3) is 5.91 Å². The maximum Gasteiger partial charge on any atom is 0.277 e. The number of fused-ring (bicyclic) bond motifs is 1. The first kappa shape index (κ1) is 18.1. The lowest BCUT2D eigenvalue weighted by Gasteiger charge is -2.34. The SMILES string of the molecule is Cc1cccc2c1O[C@@H](C)CN2C(=O)c1cc(-n2cnc(C(C)C)n2)ncn1. The van der Waals surface area contributed by atoms with Crippen molar-refractivity contribution in [2.24, 2.45) is 0 Å². The van der Waals surface area contributed by atoms with E-state index < -0.39 is 0 Å². The van der Waals surface area contributed by atoms with Gasteiger partial charge in [-0.25, -0.2) is 19.6 Å². The van der Waals surface area contributed by atoms with Crippen LogP contribution in [0, 0.1) is 6.92 Å². The lowest BCUT2D eigenvalue weighted by molar-refractivity contribution is 0.0956. The van der Waals surface area contributed by atoms with Crippen LogP contribution in [0.1, 0.15) is 48.6 Å². The van der Waals surface area contributed by atoms with Crippen LogP contribution < -0.4 is 9.64 Å². The number of nitrogens with zero attached hydrogens (tertiary/aromatic N) is 6. The quantitative estimate of drug-likeness (QED) is 0.697. The van der Waals surface area contributed by atoms with Crippen LogP contribution in [0.5, 0.6) is 5.75 Å². The summed E-state index contributed by atoms with van der Waals surface area (Å²) in [5, 5.41) is 4.42. The average molecular weight is 378 g/mol. The molecule has 1 atom stereocenters. The maximum absolute atomic E-state index is 13.3. The number of benzene rings is 1. The summed E-state index contributed by atoms with van der Waals surface area (Å²) in [5.74, 6) is 1.97. The van der Waals surface area contributed by atoms with Gasteiger partial charge in [0.2, 0.25) is 0 Å². The number of rotatable bonds is 3. The summed E-state index contributed by atoms with van der Waals surface area (Å²) in [7, 11) is 0. The molecule has 0 fully saturated rings. The van der Waals surface area contributed by atoms with Crippen LogP contribution in [-0.2, 0) is 0 Å². The van der Waals surface area contributed by atoms with Crippen LogP contribution in [0.4, 0.5) is 5.69 Å². The Bertz CT molecular complexity index is 1030. The monoisotopic (exact) mass is 378 g/mol. The second kappa shape index (κ2) is 7.03. The molecule has 0 bridgehead atoms. The van der Waals surface area contributed by atoms with Crippen LogP contribution in [0.25, 0.3) is 5.82 Å². The second-order valence-corrected chi connectivity index (χ2v) is 7.23. The first-order valence-corrected chi connectivity index (χ1v) is 9.26. The smallest absolute Gasteiger partial charge is 0.277 e. The van der Waals surface area contributed by atoms with E-state index in [9.17, 15) is 4.79 Å². The number of anilines is 1. The van der Waals surface area contributed by atoms with Crippen molar-refractivity contribution in [2.75, 3.05) is 11.4 Å². The Morgan fingerprint density at radius 1 is 1.25 bits per heavy atom. The van der Waals surface area contributed by atoms with Crippen molar-refractivity contribution in [3.63, 3.8) is 0 Å². The van der Waals surface area contributed by atoms with Gasteiger partial charge < -0.3 is 4.74 Å². The van der Waals surface area contributed by atoms with Crippen LogP contribution in [0.3, 0.4) is 0 Å². The molecular formula is C20H22N6O2. The van der Waals surface area contributed by atoms with Crippen LogP contribution >= 0.6 is 0 Å². The number of carbonyl (C=O) groups is 1. The van der Waals surface area contributed by atoms with E-state index in [-0.39, 0.29) is 17.9 Å². The van der Waals surface area contributed by atoms with E-state index in [0.29, 0.717) is 18.1 Å². The molecule has 3 aromatic rings. The topological polar surface area (TPSA) is 86.0 Å². The number of hydrogen-bond acceptors (Lipinski definition) is 6. The zero-order chi connectivity index (χ0) is 19.8. The number of amides is 1. The number of carbonyl (C=O) groups excluding carboxylic acids is 1. The van der Waals surface area contributed by atoms with E-state index in [1.807, 2.05) is 45.9 Å². The van der Waals surface area contributed by atoms with Crippen molar-refractivity contribution in [1.82, 2.24) is 24.7 Å². The molecule has 144 valence electrons. The molecule has 1 aromatic carbocycles. The van der Waals surface area contributed by atoms with Gasteiger partial charge in [0.15, 0.2) is 11.6 Å². The summed E-state index contributed by atoms with van der Waals surface area (Å²) >= 11 is 0. The standard InChI is InChI=1S/C20H22N6O2/c1-12(2)19-23-11-26(24-19)17-8-15(21-10-22-17)20(27)25-9-14(4)28-18-13(3)6-5-7-16(18)25/h5-8,10-12,14H,9H2,1-4H3/t14-/m0/s1. The van der Waals surface area contributed by atoms with E-state index in [2.05, 4.69) is 20.1 Å². The Labute approximate surface area is 163 Å². The molecule has 1 amide bonds. The molecule has 0 spiro atoms.